The van der Waals surface area contributed by atoms with Crippen LogP contribution in [0.1, 0.15) is 26.3 Å². The van der Waals surface area contributed by atoms with Crippen LogP contribution >= 0.6 is 11.8 Å². The Labute approximate surface area is 262 Å². The van der Waals surface area contributed by atoms with Crippen molar-refractivity contribution in [3.8, 4) is 0 Å². The van der Waals surface area contributed by atoms with Crippen LogP contribution in [0.4, 0.5) is 16.2 Å². The third kappa shape index (κ3) is 8.30. The number of carbonyl (C=O) groups excluding carboxylic acids is 4. The Morgan fingerprint density at radius 2 is 1.76 bits per heavy atom. The predicted octanol–water partition coefficient (Wildman–Crippen LogP) is 2.67. The topological polar surface area (TPSA) is 192 Å². The normalized spacial score (nSPS) is 17.9. The van der Waals surface area contributed by atoms with Gasteiger partial charge < -0.3 is 19.0 Å². The number of nitrogens with one attached hydrogen (secondary N) is 1. The molecule has 2 atom stereocenters. The number of nitro groups is 1. The highest BCUT2D eigenvalue weighted by molar-refractivity contribution is 8.00. The molecule has 1 saturated heterocycles. The van der Waals surface area contributed by atoms with Crippen molar-refractivity contribution in [3.63, 3.8) is 0 Å². The summed E-state index contributed by atoms with van der Waals surface area (Å²) in [5, 5.41) is 12.7. The number of benzene rings is 2. The Balaban J connectivity index is 1.49. The van der Waals surface area contributed by atoms with Gasteiger partial charge in [-0.15, -0.1) is 11.8 Å². The fourth-order valence-electron chi connectivity index (χ4n) is 4.31. The van der Waals surface area contributed by atoms with Gasteiger partial charge in [-0.3, -0.25) is 29.5 Å². The van der Waals surface area contributed by atoms with E-state index in [1.807, 2.05) is 0 Å². The summed E-state index contributed by atoms with van der Waals surface area (Å²) >= 11 is 1.05. The molecule has 15 nitrogen and oxygen atoms in total. The third-order valence-corrected chi connectivity index (χ3v) is 7.95. The highest BCUT2D eigenvalue weighted by Gasteiger charge is 2.55. The van der Waals surface area contributed by atoms with Crippen molar-refractivity contribution >= 4 is 57.1 Å². The molecular formula is C28H30N4O11S2. The van der Waals surface area contributed by atoms with E-state index < -0.39 is 68.2 Å². The van der Waals surface area contributed by atoms with Gasteiger partial charge in [-0.2, -0.15) is 8.42 Å². The van der Waals surface area contributed by atoms with E-state index in [0.717, 1.165) is 27.8 Å². The van der Waals surface area contributed by atoms with Crippen LogP contribution in [-0.4, -0.2) is 77.7 Å². The van der Waals surface area contributed by atoms with Crippen LogP contribution in [0.2, 0.25) is 0 Å². The summed E-state index contributed by atoms with van der Waals surface area (Å²) in [5.74, 6) is -2.97. The van der Waals surface area contributed by atoms with E-state index in [-0.39, 0.29) is 23.8 Å². The van der Waals surface area contributed by atoms with Gasteiger partial charge in [-0.25, -0.2) is 9.59 Å². The zero-order valence-corrected chi connectivity index (χ0v) is 26.3. The molecular weight excluding hydrogens is 632 g/mol. The molecule has 1 fully saturated rings. The van der Waals surface area contributed by atoms with Crippen LogP contribution in [-0.2, 0) is 44.8 Å². The largest absolute Gasteiger partial charge is 0.456 e. The molecule has 1 N–H and O–H groups in total. The molecule has 0 spiro atoms. The van der Waals surface area contributed by atoms with Gasteiger partial charge in [0.2, 0.25) is 5.91 Å². The number of carbonyl (C=O) groups is 4. The molecule has 17 heteroatoms. The second kappa shape index (κ2) is 13.2. The van der Waals surface area contributed by atoms with E-state index in [9.17, 15) is 37.7 Å². The summed E-state index contributed by atoms with van der Waals surface area (Å²) in [7, 11) is -4.10. The third-order valence-electron chi connectivity index (χ3n) is 6.20. The Kier molecular flexibility index (Phi) is 9.72. The monoisotopic (exact) mass is 662 g/mol. The average Bonchev–Trinajstić information content (AvgIpc) is 2.96. The fourth-order valence-corrected chi connectivity index (χ4v) is 6.14. The van der Waals surface area contributed by atoms with Crippen LogP contribution in [0.5, 0.6) is 0 Å². The number of rotatable bonds is 10. The van der Waals surface area contributed by atoms with E-state index in [1.54, 1.807) is 51.1 Å². The summed E-state index contributed by atoms with van der Waals surface area (Å²) < 4.78 is 39.6. The molecule has 2 heterocycles. The van der Waals surface area contributed by atoms with Gasteiger partial charge >= 0.3 is 22.2 Å². The van der Waals surface area contributed by atoms with Crippen molar-refractivity contribution in [2.24, 2.45) is 0 Å². The Hall–Kier alpha value is -4.64. The lowest BCUT2D eigenvalue weighted by Crippen LogP contribution is -2.71. The zero-order valence-electron chi connectivity index (χ0n) is 24.6. The SMILES string of the molecule is CC(C)(C)OC(=O)N(CC(=O)NC1C(=O)N2C(C(=O)OCc3ccc([N+](=O)[O-])cc3)=C(OS(C)(=O)=O)CS[C@@H]12)c1ccccc1. The maximum atomic E-state index is 13.3. The molecule has 3 amide bonds. The fraction of sp³-hybridized carbons (Fsp3) is 0.357. The van der Waals surface area contributed by atoms with E-state index in [2.05, 4.69) is 5.32 Å². The number of esters is 1. The first kappa shape index (κ1) is 33.3. The summed E-state index contributed by atoms with van der Waals surface area (Å²) in [5.41, 5.74) is -0.665. The predicted molar refractivity (Wildman–Crippen MR) is 161 cm³/mol. The van der Waals surface area contributed by atoms with E-state index in [1.165, 1.54) is 24.3 Å². The molecule has 0 aliphatic carbocycles. The van der Waals surface area contributed by atoms with Crippen molar-refractivity contribution in [1.29, 1.82) is 0 Å². The first-order valence-electron chi connectivity index (χ1n) is 13.4. The number of nitro benzene ring substituents is 1. The van der Waals surface area contributed by atoms with Crippen molar-refractivity contribution in [2.75, 3.05) is 23.5 Å². The number of ether oxygens (including phenoxy) is 2. The highest BCUT2D eigenvalue weighted by atomic mass is 32.2. The molecule has 2 aromatic carbocycles. The quantitative estimate of drug-likeness (QED) is 0.129. The van der Waals surface area contributed by atoms with Crippen LogP contribution < -0.4 is 10.2 Å². The molecule has 1 unspecified atom stereocenters. The number of anilines is 1. The summed E-state index contributed by atoms with van der Waals surface area (Å²) in [4.78, 5) is 64.9. The summed E-state index contributed by atoms with van der Waals surface area (Å²) in [6.45, 7) is 4.22. The van der Waals surface area contributed by atoms with Gasteiger partial charge in [0.15, 0.2) is 11.5 Å². The second-order valence-electron chi connectivity index (χ2n) is 10.9. The number of fused-ring (bicyclic) bond motifs is 1. The smallest absolute Gasteiger partial charge is 0.415 e. The lowest BCUT2D eigenvalue weighted by molar-refractivity contribution is -0.384. The first-order chi connectivity index (χ1) is 21.0. The Bertz CT molecular complexity index is 1640. The van der Waals surface area contributed by atoms with Crippen LogP contribution in [0, 0.1) is 10.1 Å². The van der Waals surface area contributed by atoms with Crippen LogP contribution in [0.3, 0.4) is 0 Å². The van der Waals surface area contributed by atoms with Gasteiger partial charge in [0, 0.05) is 17.8 Å². The maximum Gasteiger partial charge on any atom is 0.415 e. The number of hydrogen-bond acceptors (Lipinski definition) is 12. The standard InChI is InChI=1S/C28H30N4O11S2/c1-28(2,3)42-27(36)30(18-8-6-5-7-9-18)14-21(33)29-22-24(34)31-23(20(16-44-25(22)31)43-45(4,39)40)26(35)41-15-17-10-12-19(13-11-17)32(37)38/h5-13,22,25H,14-16H2,1-4H3,(H,29,33)/t22?,25-/m0/s1. The zero-order chi connectivity index (χ0) is 33.1. The van der Waals surface area contributed by atoms with Crippen molar-refractivity contribution < 1.29 is 46.2 Å². The number of amides is 3. The first-order valence-corrected chi connectivity index (χ1v) is 16.2. The van der Waals surface area contributed by atoms with Crippen molar-refractivity contribution in [1.82, 2.24) is 10.2 Å². The van der Waals surface area contributed by atoms with Crippen molar-refractivity contribution in [2.45, 2.75) is 44.4 Å². The Morgan fingerprint density at radius 3 is 2.33 bits per heavy atom. The minimum absolute atomic E-state index is 0.149. The van der Waals surface area contributed by atoms with E-state index in [0.29, 0.717) is 11.3 Å². The highest BCUT2D eigenvalue weighted by Crippen LogP contribution is 2.41. The molecule has 2 aliphatic heterocycles. The van der Waals surface area contributed by atoms with Crippen LogP contribution in [0.15, 0.2) is 66.1 Å². The number of hydrogen-bond donors (Lipinski definition) is 1. The number of β-lactam (4-membered cyclic amide) rings is 1. The lowest BCUT2D eigenvalue weighted by Gasteiger charge is -2.49. The van der Waals surface area contributed by atoms with E-state index in [4.69, 9.17) is 13.7 Å². The minimum Gasteiger partial charge on any atom is -0.456 e. The number of thioether (sulfide) groups is 1. The molecule has 2 aliphatic rings. The van der Waals surface area contributed by atoms with Gasteiger partial charge in [-0.05, 0) is 50.6 Å². The Morgan fingerprint density at radius 1 is 1.11 bits per heavy atom. The molecule has 0 saturated carbocycles. The van der Waals surface area contributed by atoms with Crippen LogP contribution in [0.25, 0.3) is 0 Å². The molecule has 0 radical (unpaired) electrons. The van der Waals surface area contributed by atoms with Gasteiger partial charge in [0.05, 0.1) is 16.9 Å². The maximum absolute atomic E-state index is 13.3. The van der Waals surface area contributed by atoms with E-state index >= 15 is 0 Å². The summed E-state index contributed by atoms with van der Waals surface area (Å²) in [6, 6.07) is 12.4. The van der Waals surface area contributed by atoms with Gasteiger partial charge in [0.25, 0.3) is 11.6 Å². The molecule has 2 aromatic rings. The molecule has 45 heavy (non-hydrogen) atoms. The summed E-state index contributed by atoms with van der Waals surface area (Å²) in [6.07, 6.45) is 0.00162. The lowest BCUT2D eigenvalue weighted by atomic mass is 10.0. The minimum atomic E-state index is -4.10. The molecule has 4 rings (SSSR count). The second-order valence-corrected chi connectivity index (χ2v) is 13.6. The number of non-ortho nitro benzene ring substituents is 1. The average molecular weight is 663 g/mol. The molecule has 0 bridgehead atoms. The molecule has 0 aromatic heterocycles. The number of nitrogens with zero attached hydrogens (tertiary/aromatic N) is 3. The number of para-hydroxylation sites is 1. The molecule has 240 valence electrons. The van der Waals surface area contributed by atoms with Gasteiger partial charge in [0.1, 0.15) is 30.2 Å². The van der Waals surface area contributed by atoms with Gasteiger partial charge in [-0.1, -0.05) is 18.2 Å². The van der Waals surface area contributed by atoms with Crippen molar-refractivity contribution in [3.05, 3.63) is 81.7 Å².